The molecule has 2 aromatic rings. The summed E-state index contributed by atoms with van der Waals surface area (Å²) in [5.74, 6) is 1.13. The van der Waals surface area contributed by atoms with Gasteiger partial charge in [0.2, 0.25) is 0 Å². The normalized spacial score (nSPS) is 29.5. The van der Waals surface area contributed by atoms with E-state index in [0.29, 0.717) is 23.9 Å². The highest BCUT2D eigenvalue weighted by Crippen LogP contribution is 2.32. The highest BCUT2D eigenvalue weighted by atomic mass is 35.5. The molecule has 112 valence electrons. The largest absolute Gasteiger partial charge is 0.381 e. The van der Waals surface area contributed by atoms with Crippen LogP contribution in [0.25, 0.3) is 10.9 Å². The van der Waals surface area contributed by atoms with Crippen molar-refractivity contribution in [3.8, 4) is 0 Å². The third-order valence-corrected chi connectivity index (χ3v) is 4.97. The van der Waals surface area contributed by atoms with Crippen LogP contribution in [-0.4, -0.2) is 17.1 Å². The van der Waals surface area contributed by atoms with Gasteiger partial charge in [-0.05, 0) is 48.9 Å². The molecule has 3 nitrogen and oxygen atoms in total. The van der Waals surface area contributed by atoms with Crippen LogP contribution >= 0.6 is 11.6 Å². The van der Waals surface area contributed by atoms with Crippen molar-refractivity contribution >= 4 is 28.2 Å². The quantitative estimate of drug-likeness (QED) is 0.879. The first-order valence-electron chi connectivity index (χ1n) is 7.61. The lowest BCUT2D eigenvalue weighted by Gasteiger charge is -2.38. The smallest absolute Gasteiger partial charge is 0.0737 e. The van der Waals surface area contributed by atoms with E-state index in [1.54, 1.807) is 0 Å². The number of halogens is 1. The Hall–Kier alpha value is -1.32. The Morgan fingerprint density at radius 2 is 2.00 bits per heavy atom. The summed E-state index contributed by atoms with van der Waals surface area (Å²) >= 11 is 6.05. The maximum absolute atomic E-state index is 6.18. The monoisotopic (exact) mass is 303 g/mol. The van der Waals surface area contributed by atoms with E-state index in [2.05, 4.69) is 24.1 Å². The van der Waals surface area contributed by atoms with Crippen LogP contribution in [0, 0.1) is 11.8 Å². The van der Waals surface area contributed by atoms with E-state index in [1.807, 2.05) is 30.5 Å². The number of aromatic nitrogens is 1. The van der Waals surface area contributed by atoms with Crippen molar-refractivity contribution in [3.63, 3.8) is 0 Å². The molecule has 21 heavy (non-hydrogen) atoms. The standard InChI is InChI=1S/C17H22ClN3/c1-10-8-16(11(2)7-14(10)19)21-15-5-6-20-17-9-12(18)3-4-13(15)17/h3-6,9-11,14,16H,7-8,19H2,1-2H3,(H,20,21). The number of nitrogens with one attached hydrogen (secondary N) is 1. The molecule has 3 N–H and O–H groups in total. The SMILES string of the molecule is CC1CC(Nc2ccnc3cc(Cl)ccc23)C(C)CC1N. The van der Waals surface area contributed by atoms with Gasteiger partial charge in [0, 0.05) is 34.4 Å². The minimum absolute atomic E-state index is 0.325. The second kappa shape index (κ2) is 5.82. The summed E-state index contributed by atoms with van der Waals surface area (Å²) in [6.45, 7) is 4.53. The Morgan fingerprint density at radius 3 is 2.81 bits per heavy atom. The minimum atomic E-state index is 0.325. The van der Waals surface area contributed by atoms with Gasteiger partial charge in [0.1, 0.15) is 0 Å². The van der Waals surface area contributed by atoms with Gasteiger partial charge in [-0.2, -0.15) is 0 Å². The van der Waals surface area contributed by atoms with Crippen LogP contribution in [0.1, 0.15) is 26.7 Å². The van der Waals surface area contributed by atoms with Crippen molar-refractivity contribution in [2.24, 2.45) is 17.6 Å². The van der Waals surface area contributed by atoms with Crippen LogP contribution in [-0.2, 0) is 0 Å². The van der Waals surface area contributed by atoms with Gasteiger partial charge in [-0.25, -0.2) is 0 Å². The molecule has 0 amide bonds. The maximum atomic E-state index is 6.18. The Morgan fingerprint density at radius 1 is 1.19 bits per heavy atom. The zero-order valence-corrected chi connectivity index (χ0v) is 13.3. The van der Waals surface area contributed by atoms with Gasteiger partial charge >= 0.3 is 0 Å². The molecule has 1 aliphatic carbocycles. The zero-order valence-electron chi connectivity index (χ0n) is 12.5. The molecule has 1 aromatic carbocycles. The number of anilines is 1. The van der Waals surface area contributed by atoms with Crippen LogP contribution in [0.5, 0.6) is 0 Å². The van der Waals surface area contributed by atoms with Gasteiger partial charge in [-0.1, -0.05) is 25.4 Å². The molecule has 3 rings (SSSR count). The molecule has 0 radical (unpaired) electrons. The van der Waals surface area contributed by atoms with Gasteiger partial charge in [-0.15, -0.1) is 0 Å². The second-order valence-electron chi connectivity index (χ2n) is 6.36. The van der Waals surface area contributed by atoms with Gasteiger partial charge in [0.25, 0.3) is 0 Å². The number of hydrogen-bond acceptors (Lipinski definition) is 3. The maximum Gasteiger partial charge on any atom is 0.0737 e. The predicted molar refractivity (Wildman–Crippen MR) is 89.7 cm³/mol. The van der Waals surface area contributed by atoms with Crippen molar-refractivity contribution in [1.82, 2.24) is 4.98 Å². The first-order chi connectivity index (χ1) is 10.0. The lowest BCUT2D eigenvalue weighted by Crippen LogP contribution is -2.44. The van der Waals surface area contributed by atoms with E-state index in [9.17, 15) is 0 Å². The highest BCUT2D eigenvalue weighted by Gasteiger charge is 2.30. The fraction of sp³-hybridized carbons (Fsp3) is 0.471. The second-order valence-corrected chi connectivity index (χ2v) is 6.80. The van der Waals surface area contributed by atoms with Crippen LogP contribution in [0.3, 0.4) is 0 Å². The lowest BCUT2D eigenvalue weighted by atomic mass is 9.77. The number of nitrogens with two attached hydrogens (primary N) is 1. The van der Waals surface area contributed by atoms with E-state index in [1.165, 1.54) is 0 Å². The molecule has 1 aromatic heterocycles. The van der Waals surface area contributed by atoms with Crippen molar-refractivity contribution in [3.05, 3.63) is 35.5 Å². The van der Waals surface area contributed by atoms with Crippen LogP contribution in [0.2, 0.25) is 5.02 Å². The van der Waals surface area contributed by atoms with E-state index >= 15 is 0 Å². The van der Waals surface area contributed by atoms with Gasteiger partial charge in [0.05, 0.1) is 5.52 Å². The fourth-order valence-electron chi connectivity index (χ4n) is 3.28. The van der Waals surface area contributed by atoms with E-state index in [0.717, 1.165) is 34.5 Å². The summed E-state index contributed by atoms with van der Waals surface area (Å²) in [6, 6.07) is 8.69. The van der Waals surface area contributed by atoms with Crippen LogP contribution in [0.15, 0.2) is 30.5 Å². The Kier molecular flexibility index (Phi) is 4.05. The van der Waals surface area contributed by atoms with E-state index < -0.39 is 0 Å². The molecule has 4 heteroatoms. The molecule has 0 aliphatic heterocycles. The summed E-state index contributed by atoms with van der Waals surface area (Å²) in [5.41, 5.74) is 8.25. The third-order valence-electron chi connectivity index (χ3n) is 4.73. The minimum Gasteiger partial charge on any atom is -0.381 e. The van der Waals surface area contributed by atoms with Gasteiger partial charge in [0.15, 0.2) is 0 Å². The molecular weight excluding hydrogens is 282 g/mol. The topological polar surface area (TPSA) is 50.9 Å². The highest BCUT2D eigenvalue weighted by molar-refractivity contribution is 6.31. The summed E-state index contributed by atoms with van der Waals surface area (Å²) in [7, 11) is 0. The number of benzene rings is 1. The van der Waals surface area contributed by atoms with Gasteiger partial charge in [-0.3, -0.25) is 4.98 Å². The average Bonchev–Trinajstić information content (AvgIpc) is 2.44. The first-order valence-corrected chi connectivity index (χ1v) is 7.99. The number of hydrogen-bond donors (Lipinski definition) is 2. The summed E-state index contributed by atoms with van der Waals surface area (Å²) in [5, 5.41) is 5.55. The molecule has 0 saturated heterocycles. The molecule has 0 bridgehead atoms. The number of nitrogens with zero attached hydrogens (tertiary/aromatic N) is 1. The average molecular weight is 304 g/mol. The number of fused-ring (bicyclic) bond motifs is 1. The Bertz CT molecular complexity index is 643. The molecule has 1 aliphatic rings. The molecule has 4 atom stereocenters. The third kappa shape index (κ3) is 2.99. The molecule has 1 saturated carbocycles. The Labute approximate surface area is 130 Å². The first kappa shape index (κ1) is 14.6. The molecule has 4 unspecified atom stereocenters. The zero-order chi connectivity index (χ0) is 15.0. The summed E-state index contributed by atoms with van der Waals surface area (Å²) in [4.78, 5) is 4.40. The number of pyridine rings is 1. The van der Waals surface area contributed by atoms with Crippen molar-refractivity contribution in [1.29, 1.82) is 0 Å². The Balaban J connectivity index is 1.88. The van der Waals surface area contributed by atoms with Crippen molar-refractivity contribution in [2.75, 3.05) is 5.32 Å². The summed E-state index contributed by atoms with van der Waals surface area (Å²) < 4.78 is 0. The van der Waals surface area contributed by atoms with E-state index in [-0.39, 0.29) is 0 Å². The fourth-order valence-corrected chi connectivity index (χ4v) is 3.45. The van der Waals surface area contributed by atoms with Crippen LogP contribution in [0.4, 0.5) is 5.69 Å². The predicted octanol–water partition coefficient (Wildman–Crippen LogP) is 4.06. The lowest BCUT2D eigenvalue weighted by molar-refractivity contribution is 0.244. The molecule has 1 heterocycles. The van der Waals surface area contributed by atoms with E-state index in [4.69, 9.17) is 17.3 Å². The molecular formula is C17H22ClN3. The summed E-state index contributed by atoms with van der Waals surface area (Å²) in [6.07, 6.45) is 4.02. The van der Waals surface area contributed by atoms with Crippen molar-refractivity contribution in [2.45, 2.75) is 38.8 Å². The van der Waals surface area contributed by atoms with Crippen LogP contribution < -0.4 is 11.1 Å². The van der Waals surface area contributed by atoms with Crippen molar-refractivity contribution < 1.29 is 0 Å². The molecule has 0 spiro atoms. The number of rotatable bonds is 2. The van der Waals surface area contributed by atoms with Gasteiger partial charge < -0.3 is 11.1 Å². The molecule has 1 fully saturated rings.